The molecule has 0 amide bonds. The number of ether oxygens (including phenoxy) is 2. The maximum absolute atomic E-state index is 13.0. The van der Waals surface area contributed by atoms with Crippen LogP contribution in [-0.2, 0) is 17.8 Å². The van der Waals surface area contributed by atoms with E-state index in [4.69, 9.17) is 14.0 Å². The Balaban J connectivity index is 1.57. The first-order chi connectivity index (χ1) is 15.5. The Labute approximate surface area is 184 Å². The molecule has 0 aliphatic heterocycles. The molecule has 0 saturated carbocycles. The van der Waals surface area contributed by atoms with Crippen LogP contribution in [0, 0.1) is 13.8 Å². The van der Waals surface area contributed by atoms with Crippen molar-refractivity contribution in [3.63, 3.8) is 0 Å². The van der Waals surface area contributed by atoms with Gasteiger partial charge in [-0.2, -0.15) is 5.10 Å². The number of aromatic nitrogens is 5. The van der Waals surface area contributed by atoms with Crippen molar-refractivity contribution in [1.82, 2.24) is 24.1 Å². The third-order valence-corrected chi connectivity index (χ3v) is 5.17. The number of para-hydroxylation sites is 1. The molecule has 3 heterocycles. The Morgan fingerprint density at radius 3 is 2.69 bits per heavy atom. The van der Waals surface area contributed by atoms with Crippen molar-refractivity contribution < 1.29 is 19.1 Å². The highest BCUT2D eigenvalue weighted by Crippen LogP contribution is 2.21. The van der Waals surface area contributed by atoms with Crippen LogP contribution >= 0.6 is 0 Å². The fourth-order valence-electron chi connectivity index (χ4n) is 3.47. The van der Waals surface area contributed by atoms with E-state index in [2.05, 4.69) is 10.3 Å². The van der Waals surface area contributed by atoms with E-state index in [1.165, 1.54) is 21.5 Å². The predicted octanol–water partition coefficient (Wildman–Crippen LogP) is 2.27. The summed E-state index contributed by atoms with van der Waals surface area (Å²) in [6, 6.07) is 7.46. The van der Waals surface area contributed by atoms with Gasteiger partial charge in [-0.1, -0.05) is 23.4 Å². The summed E-state index contributed by atoms with van der Waals surface area (Å²) < 4.78 is 20.3. The average Bonchev–Trinajstić information content (AvgIpc) is 3.44. The minimum atomic E-state index is -0.383. The van der Waals surface area contributed by atoms with Gasteiger partial charge in [-0.05, 0) is 19.9 Å². The lowest BCUT2D eigenvalue weighted by Crippen LogP contribution is -2.23. The van der Waals surface area contributed by atoms with Gasteiger partial charge in [0.2, 0.25) is 5.88 Å². The number of nitrogens with zero attached hydrogens (tertiary/aromatic N) is 5. The summed E-state index contributed by atoms with van der Waals surface area (Å²) in [6.45, 7) is 5.26. The molecule has 0 aliphatic rings. The van der Waals surface area contributed by atoms with Crippen LogP contribution in [0.15, 0.2) is 52.2 Å². The molecule has 0 bridgehead atoms. The zero-order valence-corrected chi connectivity index (χ0v) is 18.2. The summed E-state index contributed by atoms with van der Waals surface area (Å²) in [5.74, 6) is 1.21. The van der Waals surface area contributed by atoms with E-state index in [0.717, 1.165) is 22.6 Å². The van der Waals surface area contributed by atoms with Gasteiger partial charge in [0.25, 0.3) is 0 Å². The number of methoxy groups -OCH3 is 1. The van der Waals surface area contributed by atoms with Gasteiger partial charge in [-0.15, -0.1) is 0 Å². The van der Waals surface area contributed by atoms with Crippen LogP contribution in [0.25, 0.3) is 5.69 Å². The van der Waals surface area contributed by atoms with Crippen LogP contribution in [0.3, 0.4) is 0 Å². The third-order valence-electron chi connectivity index (χ3n) is 5.17. The third kappa shape index (κ3) is 4.30. The molecule has 4 rings (SSSR count). The van der Waals surface area contributed by atoms with Crippen molar-refractivity contribution in [2.24, 2.45) is 0 Å². The fourth-order valence-corrected chi connectivity index (χ4v) is 3.47. The smallest absolute Gasteiger partial charge is 0.336 e. The van der Waals surface area contributed by atoms with Crippen LogP contribution in [0.4, 0.5) is 0 Å². The minimum absolute atomic E-state index is 0.176. The van der Waals surface area contributed by atoms with Gasteiger partial charge < -0.3 is 19.1 Å². The summed E-state index contributed by atoms with van der Waals surface area (Å²) in [5.41, 5.74) is 2.61. The molecule has 0 unspecified atom stereocenters. The molecule has 0 radical (unpaired) electrons. The largest absolute Gasteiger partial charge is 0.493 e. The summed E-state index contributed by atoms with van der Waals surface area (Å²) in [5, 5.41) is 18.7. The second-order valence-corrected chi connectivity index (χ2v) is 7.38. The highest BCUT2D eigenvalue weighted by Gasteiger charge is 2.17. The molecule has 0 aliphatic carbocycles. The Morgan fingerprint density at radius 1 is 1.12 bits per heavy atom. The molecule has 0 saturated heterocycles. The van der Waals surface area contributed by atoms with Crippen LogP contribution in [0.2, 0.25) is 0 Å². The number of hydrogen-bond acceptors (Lipinski definition) is 7. The number of hydrogen-bond donors (Lipinski definition) is 1. The molecule has 0 spiro atoms. The highest BCUT2D eigenvalue weighted by molar-refractivity contribution is 5.35. The van der Waals surface area contributed by atoms with Crippen LogP contribution < -0.4 is 10.4 Å². The van der Waals surface area contributed by atoms with Gasteiger partial charge in [0.15, 0.2) is 0 Å². The van der Waals surface area contributed by atoms with Crippen molar-refractivity contribution in [2.45, 2.75) is 26.9 Å². The average molecular weight is 439 g/mol. The van der Waals surface area contributed by atoms with E-state index >= 15 is 0 Å². The zero-order chi connectivity index (χ0) is 22.7. The number of imidazole rings is 1. The maximum Gasteiger partial charge on any atom is 0.336 e. The Bertz CT molecular complexity index is 1250. The zero-order valence-electron chi connectivity index (χ0n) is 18.2. The summed E-state index contributed by atoms with van der Waals surface area (Å²) in [7, 11) is 1.61. The molecule has 32 heavy (non-hydrogen) atoms. The second kappa shape index (κ2) is 9.15. The Hall–Kier alpha value is -3.79. The fraction of sp³-hybridized carbons (Fsp3) is 0.318. The van der Waals surface area contributed by atoms with Crippen molar-refractivity contribution >= 4 is 0 Å². The standard InChI is InChI=1S/C22H25N5O5/c1-15-19(16(2)32-24-15)13-26-12-18(10-23-26)27-21(28)14-25(22(27)29)11-17-6-4-5-7-20(17)31-9-8-30-3/h4-7,10,12,14,28H,8-9,11,13H2,1-3H3. The molecule has 1 aromatic carbocycles. The van der Waals surface area contributed by atoms with Gasteiger partial charge in [0.05, 0.1) is 43.5 Å². The number of benzene rings is 1. The van der Waals surface area contributed by atoms with E-state index in [1.807, 2.05) is 38.1 Å². The van der Waals surface area contributed by atoms with Crippen molar-refractivity contribution in [3.8, 4) is 17.3 Å². The van der Waals surface area contributed by atoms with Gasteiger partial charge >= 0.3 is 5.69 Å². The molecule has 168 valence electrons. The number of aryl methyl sites for hydroxylation is 2. The Kier molecular flexibility index (Phi) is 6.13. The molecule has 10 nitrogen and oxygen atoms in total. The molecular weight excluding hydrogens is 414 g/mol. The summed E-state index contributed by atoms with van der Waals surface area (Å²) >= 11 is 0. The lowest BCUT2D eigenvalue weighted by molar-refractivity contribution is 0.145. The summed E-state index contributed by atoms with van der Waals surface area (Å²) in [4.78, 5) is 13.0. The van der Waals surface area contributed by atoms with Crippen LogP contribution in [0.5, 0.6) is 11.6 Å². The monoisotopic (exact) mass is 439 g/mol. The molecule has 0 atom stereocenters. The first-order valence-electron chi connectivity index (χ1n) is 10.1. The molecule has 3 aromatic heterocycles. The quantitative estimate of drug-likeness (QED) is 0.399. The van der Waals surface area contributed by atoms with E-state index in [9.17, 15) is 9.90 Å². The Morgan fingerprint density at radius 2 is 1.94 bits per heavy atom. The summed E-state index contributed by atoms with van der Waals surface area (Å²) in [6.07, 6.45) is 4.63. The SMILES string of the molecule is COCCOc1ccccc1Cn1cc(O)n(-c2cnn(Cc3c(C)noc3C)c2)c1=O. The van der Waals surface area contributed by atoms with Crippen LogP contribution in [0.1, 0.15) is 22.6 Å². The minimum Gasteiger partial charge on any atom is -0.493 e. The van der Waals surface area contributed by atoms with Crippen LogP contribution in [-0.4, -0.2) is 49.5 Å². The number of aromatic hydroxyl groups is 1. The second-order valence-electron chi connectivity index (χ2n) is 7.38. The first kappa shape index (κ1) is 21.4. The highest BCUT2D eigenvalue weighted by atomic mass is 16.5. The van der Waals surface area contributed by atoms with E-state index < -0.39 is 0 Å². The topological polar surface area (TPSA) is 109 Å². The lowest BCUT2D eigenvalue weighted by Gasteiger charge is -2.11. The van der Waals surface area contributed by atoms with E-state index in [0.29, 0.717) is 31.2 Å². The van der Waals surface area contributed by atoms with E-state index in [1.54, 1.807) is 18.0 Å². The molecule has 10 heteroatoms. The molecule has 1 N–H and O–H groups in total. The van der Waals surface area contributed by atoms with Crippen molar-refractivity contribution in [1.29, 1.82) is 0 Å². The van der Waals surface area contributed by atoms with Crippen molar-refractivity contribution in [2.75, 3.05) is 20.3 Å². The maximum atomic E-state index is 13.0. The van der Waals surface area contributed by atoms with Gasteiger partial charge in [0, 0.05) is 24.4 Å². The number of rotatable bonds is 9. The molecular formula is C22H25N5O5. The van der Waals surface area contributed by atoms with E-state index in [-0.39, 0.29) is 18.1 Å². The molecule has 0 fully saturated rings. The predicted molar refractivity (Wildman–Crippen MR) is 115 cm³/mol. The van der Waals surface area contributed by atoms with Gasteiger partial charge in [-0.3, -0.25) is 9.25 Å². The normalized spacial score (nSPS) is 11.2. The van der Waals surface area contributed by atoms with Crippen molar-refractivity contribution in [3.05, 3.63) is 75.9 Å². The lowest BCUT2D eigenvalue weighted by atomic mass is 10.2. The molecule has 4 aromatic rings. The van der Waals surface area contributed by atoms with Gasteiger partial charge in [-0.25, -0.2) is 9.36 Å². The van der Waals surface area contributed by atoms with Gasteiger partial charge in [0.1, 0.15) is 18.1 Å². The first-order valence-corrected chi connectivity index (χ1v) is 10.1.